The fraction of sp³-hybridized carbons (Fsp3) is 0.368. The first-order valence-electron chi connectivity index (χ1n) is 9.95. The maximum Gasteiger partial charge on any atom is 0.220 e. The molecule has 0 saturated carbocycles. The quantitative estimate of drug-likeness (QED) is 0.693. The molecule has 1 aromatic heterocycles. The number of anilines is 1. The molecule has 10 nitrogen and oxygen atoms in total. The summed E-state index contributed by atoms with van der Waals surface area (Å²) in [6.07, 6.45) is 4.94. The molecule has 11 heteroatoms. The number of carbonyl (C=O) groups is 1. The highest BCUT2D eigenvalue weighted by Crippen LogP contribution is 2.39. The number of halogens is 1. The summed E-state index contributed by atoms with van der Waals surface area (Å²) in [6, 6.07) is 7.75. The molecule has 4 aliphatic rings. The van der Waals surface area contributed by atoms with E-state index in [1.165, 1.54) is 6.20 Å². The van der Waals surface area contributed by atoms with Crippen LogP contribution in [0.3, 0.4) is 0 Å². The number of hydrogen-bond donors (Lipinski definition) is 0. The van der Waals surface area contributed by atoms with Crippen LogP contribution in [0.1, 0.15) is 37.1 Å². The smallest absolute Gasteiger partial charge is 0.220 e. The number of carbonyl (C=O) groups excluding carboxylic acids is 1. The van der Waals surface area contributed by atoms with Crippen molar-refractivity contribution in [1.82, 2.24) is 30.1 Å². The highest BCUT2D eigenvalue weighted by molar-refractivity contribution is 6.08. The van der Waals surface area contributed by atoms with E-state index < -0.39 is 0 Å². The Labute approximate surface area is 171 Å². The number of fused-ring (bicyclic) bond motifs is 6. The lowest BCUT2D eigenvalue weighted by molar-refractivity contribution is -0.129. The van der Waals surface area contributed by atoms with Crippen molar-refractivity contribution in [3.63, 3.8) is 0 Å². The zero-order chi connectivity index (χ0) is 20.4. The molecule has 1 atom stereocenters. The van der Waals surface area contributed by atoms with E-state index in [1.54, 1.807) is 17.9 Å². The molecule has 0 bridgehead atoms. The third-order valence-corrected chi connectivity index (χ3v) is 6.01. The van der Waals surface area contributed by atoms with Crippen molar-refractivity contribution in [2.75, 3.05) is 29.9 Å². The Morgan fingerprint density at radius 3 is 3.00 bits per heavy atom. The van der Waals surface area contributed by atoms with Crippen LogP contribution in [-0.2, 0) is 4.79 Å². The Bertz CT molecular complexity index is 1100. The minimum atomic E-state index is -0.0926. The largest absolute Gasteiger partial charge is 0.334 e. The summed E-state index contributed by atoms with van der Waals surface area (Å²) < 4.78 is 14.3. The highest BCUT2D eigenvalue weighted by atomic mass is 19.2. The van der Waals surface area contributed by atoms with Crippen molar-refractivity contribution < 1.29 is 9.28 Å². The number of nitrogens with zero attached hydrogens (tertiary/aromatic N) is 9. The van der Waals surface area contributed by atoms with Gasteiger partial charge in [0, 0.05) is 19.0 Å². The summed E-state index contributed by atoms with van der Waals surface area (Å²) in [5.74, 6) is 1.43. The Morgan fingerprint density at radius 1 is 1.27 bits per heavy atom. The summed E-state index contributed by atoms with van der Waals surface area (Å²) in [5, 5.41) is 12.8. The topological polar surface area (TPSA) is 76.3 Å². The molecule has 4 aliphatic heterocycles. The predicted octanol–water partition coefficient (Wildman–Crippen LogP) is 1.31. The van der Waals surface area contributed by atoms with Gasteiger partial charge in [-0.1, -0.05) is 16.6 Å². The molecule has 5 heterocycles. The Morgan fingerprint density at radius 2 is 2.13 bits per heavy atom. The van der Waals surface area contributed by atoms with Gasteiger partial charge >= 0.3 is 0 Å². The van der Waals surface area contributed by atoms with Crippen LogP contribution in [0, 0.1) is 0 Å². The lowest BCUT2D eigenvalue weighted by Crippen LogP contribution is -2.54. The third-order valence-electron chi connectivity index (χ3n) is 6.01. The van der Waals surface area contributed by atoms with E-state index in [9.17, 15) is 9.28 Å². The average molecular weight is 409 g/mol. The summed E-state index contributed by atoms with van der Waals surface area (Å²) in [5.41, 5.74) is 2.67. The molecular formula is C19H20FN9O. The minimum absolute atomic E-state index is 0.0354. The first-order chi connectivity index (χ1) is 14.6. The Hall–Kier alpha value is -3.63. The van der Waals surface area contributed by atoms with E-state index in [-0.39, 0.29) is 18.6 Å². The second-order valence-corrected chi connectivity index (χ2v) is 7.70. The molecule has 1 amide bonds. The van der Waals surface area contributed by atoms with Crippen LogP contribution in [0.2, 0.25) is 0 Å². The number of hydrazine groups is 1. The van der Waals surface area contributed by atoms with Crippen LogP contribution in [0.25, 0.3) is 0 Å². The molecule has 0 N–H and O–H groups in total. The number of aliphatic imine (C=N–C) groups is 1. The molecule has 1 saturated heterocycles. The van der Waals surface area contributed by atoms with Crippen LogP contribution >= 0.6 is 0 Å². The van der Waals surface area contributed by atoms with Gasteiger partial charge < -0.3 is 9.80 Å². The number of aromatic nitrogens is 3. The van der Waals surface area contributed by atoms with Crippen molar-refractivity contribution in [3.8, 4) is 0 Å². The van der Waals surface area contributed by atoms with E-state index in [1.807, 2.05) is 44.2 Å². The number of rotatable bonds is 2. The molecule has 6 rings (SSSR count). The Kier molecular flexibility index (Phi) is 3.55. The van der Waals surface area contributed by atoms with Gasteiger partial charge in [-0.3, -0.25) is 4.79 Å². The van der Waals surface area contributed by atoms with Gasteiger partial charge in [-0.15, -0.1) is 9.89 Å². The molecule has 0 spiro atoms. The first kappa shape index (κ1) is 17.2. The molecule has 1 unspecified atom stereocenters. The number of benzene rings is 1. The molecule has 30 heavy (non-hydrogen) atoms. The summed E-state index contributed by atoms with van der Waals surface area (Å²) in [7, 11) is 0. The molecule has 1 aromatic carbocycles. The summed E-state index contributed by atoms with van der Waals surface area (Å²) in [4.78, 5) is 22.3. The molecule has 154 valence electrons. The Balaban J connectivity index is 1.43. The predicted molar refractivity (Wildman–Crippen MR) is 106 cm³/mol. The monoisotopic (exact) mass is 409 g/mol. The van der Waals surface area contributed by atoms with Crippen molar-refractivity contribution >= 4 is 17.4 Å². The van der Waals surface area contributed by atoms with Gasteiger partial charge in [0.05, 0.1) is 24.1 Å². The third kappa shape index (κ3) is 2.28. The van der Waals surface area contributed by atoms with Gasteiger partial charge in [-0.2, -0.15) is 15.2 Å². The van der Waals surface area contributed by atoms with Crippen molar-refractivity contribution in [2.24, 2.45) is 4.99 Å². The average Bonchev–Trinajstić information content (AvgIpc) is 3.50. The fourth-order valence-corrected chi connectivity index (χ4v) is 4.74. The normalized spacial score (nSPS) is 22.2. The first-order valence-corrected chi connectivity index (χ1v) is 9.95. The zero-order valence-electron chi connectivity index (χ0n) is 16.4. The van der Waals surface area contributed by atoms with Crippen LogP contribution in [-0.4, -0.2) is 61.8 Å². The van der Waals surface area contributed by atoms with Gasteiger partial charge in [-0.25, -0.2) is 4.99 Å². The molecular weight excluding hydrogens is 389 g/mol. The number of amides is 1. The maximum absolute atomic E-state index is 14.3. The van der Waals surface area contributed by atoms with E-state index in [0.29, 0.717) is 17.6 Å². The van der Waals surface area contributed by atoms with Gasteiger partial charge in [0.1, 0.15) is 12.4 Å². The highest BCUT2D eigenvalue weighted by Gasteiger charge is 2.44. The van der Waals surface area contributed by atoms with Crippen LogP contribution < -0.4 is 10.0 Å². The minimum Gasteiger partial charge on any atom is -0.334 e. The van der Waals surface area contributed by atoms with E-state index in [4.69, 9.17) is 4.99 Å². The molecule has 2 aromatic rings. The number of amidine groups is 1. The number of para-hydroxylation sites is 1. The van der Waals surface area contributed by atoms with Crippen LogP contribution in [0.4, 0.5) is 10.2 Å². The SMILES string of the molecule is CC(=O)N1CCCC1c1cnnn1N1CN=C2c3ccccc3N3CN(F)C=C3N21. The summed E-state index contributed by atoms with van der Waals surface area (Å²) in [6.45, 7) is 2.72. The lowest BCUT2D eigenvalue weighted by Gasteiger charge is -2.40. The van der Waals surface area contributed by atoms with Crippen LogP contribution in [0.5, 0.6) is 0 Å². The van der Waals surface area contributed by atoms with E-state index in [0.717, 1.165) is 42.2 Å². The van der Waals surface area contributed by atoms with E-state index in [2.05, 4.69) is 10.3 Å². The van der Waals surface area contributed by atoms with Gasteiger partial charge in [0.2, 0.25) is 5.91 Å². The van der Waals surface area contributed by atoms with Gasteiger partial charge in [0.25, 0.3) is 0 Å². The van der Waals surface area contributed by atoms with Gasteiger partial charge in [0.15, 0.2) is 18.3 Å². The van der Waals surface area contributed by atoms with Gasteiger partial charge in [-0.05, 0) is 30.2 Å². The van der Waals surface area contributed by atoms with Crippen LogP contribution in [0.15, 0.2) is 47.5 Å². The van der Waals surface area contributed by atoms with E-state index >= 15 is 0 Å². The zero-order valence-corrected chi connectivity index (χ0v) is 16.4. The molecule has 0 radical (unpaired) electrons. The fourth-order valence-electron chi connectivity index (χ4n) is 4.74. The van der Waals surface area contributed by atoms with Crippen molar-refractivity contribution in [3.05, 3.63) is 53.7 Å². The maximum atomic E-state index is 14.3. The second-order valence-electron chi connectivity index (χ2n) is 7.70. The lowest BCUT2D eigenvalue weighted by atomic mass is 10.1. The van der Waals surface area contributed by atoms with Crippen molar-refractivity contribution in [1.29, 1.82) is 0 Å². The standard InChI is InChI=1S/C19H20FN9O/c1-13(30)25-8-4-7-16(25)17-9-22-23-29(17)27-11-21-19-14-5-2-3-6-15(14)26-12-24(20)10-18(26)28(19)27/h2-3,5-6,9-10,16H,4,7-8,11-12H2,1H3. The second kappa shape index (κ2) is 6.18. The molecule has 1 fully saturated rings. The van der Waals surface area contributed by atoms with Crippen molar-refractivity contribution in [2.45, 2.75) is 25.8 Å². The number of hydrogen-bond acceptors (Lipinski definition) is 8. The summed E-state index contributed by atoms with van der Waals surface area (Å²) >= 11 is 0. The number of likely N-dealkylation sites (tertiary alicyclic amines) is 1. The molecule has 0 aliphatic carbocycles.